The predicted molar refractivity (Wildman–Crippen MR) is 99.0 cm³/mol. The first-order valence-electron chi connectivity index (χ1n) is 7.94. The van der Waals surface area contributed by atoms with Crippen LogP contribution in [0.25, 0.3) is 11.1 Å². The molecule has 0 saturated heterocycles. The standard InChI is InChI=1S/C17H13Cl2F3N2O5/c1-4-6-5(2)7(8(13(19)25)9(11(6)18)15(27)28)10-12(17(20,21)22)24(3)16(29)23-14(10)26/h4H2,1-3H3,(H,27,28)(H,23,26,29). The lowest BCUT2D eigenvalue weighted by Crippen LogP contribution is -2.36. The van der Waals surface area contributed by atoms with E-state index in [2.05, 4.69) is 0 Å². The fourth-order valence-electron chi connectivity index (χ4n) is 3.20. The first-order chi connectivity index (χ1) is 13.3. The minimum Gasteiger partial charge on any atom is -0.478 e. The first kappa shape index (κ1) is 22.7. The molecule has 2 N–H and O–H groups in total. The summed E-state index contributed by atoms with van der Waals surface area (Å²) in [6, 6.07) is 0. The van der Waals surface area contributed by atoms with Crippen molar-refractivity contribution in [3.63, 3.8) is 0 Å². The Morgan fingerprint density at radius 2 is 1.72 bits per heavy atom. The molecule has 1 aromatic heterocycles. The van der Waals surface area contributed by atoms with Gasteiger partial charge in [-0.3, -0.25) is 19.1 Å². The number of carbonyl (C=O) groups is 2. The number of rotatable bonds is 4. The number of carboxylic acids is 1. The molecule has 156 valence electrons. The number of alkyl halides is 3. The maximum atomic E-state index is 13.8. The van der Waals surface area contributed by atoms with E-state index in [1.54, 1.807) is 11.9 Å². The van der Waals surface area contributed by atoms with Crippen LogP contribution in [-0.2, 0) is 19.6 Å². The molecule has 0 atom stereocenters. The van der Waals surface area contributed by atoms with E-state index in [4.69, 9.17) is 23.2 Å². The Morgan fingerprint density at radius 1 is 1.17 bits per heavy atom. The number of H-pyrrole nitrogens is 1. The van der Waals surface area contributed by atoms with Crippen LogP contribution in [0.4, 0.5) is 13.2 Å². The van der Waals surface area contributed by atoms with Crippen molar-refractivity contribution >= 4 is 34.4 Å². The van der Waals surface area contributed by atoms with Gasteiger partial charge >= 0.3 is 17.8 Å². The zero-order valence-corrected chi connectivity index (χ0v) is 16.6. The van der Waals surface area contributed by atoms with Gasteiger partial charge < -0.3 is 5.11 Å². The Balaban J connectivity index is 3.33. The molecular formula is C17H13Cl2F3N2O5. The van der Waals surface area contributed by atoms with Crippen molar-refractivity contribution in [2.24, 2.45) is 7.05 Å². The molecule has 0 radical (unpaired) electrons. The highest BCUT2D eigenvalue weighted by atomic mass is 35.5. The molecule has 0 saturated carbocycles. The number of nitrogens with one attached hydrogen (secondary N) is 1. The van der Waals surface area contributed by atoms with Gasteiger partial charge in [-0.2, -0.15) is 13.2 Å². The zero-order valence-electron chi connectivity index (χ0n) is 15.1. The van der Waals surface area contributed by atoms with Gasteiger partial charge in [-0.15, -0.1) is 0 Å². The summed E-state index contributed by atoms with van der Waals surface area (Å²) in [4.78, 5) is 49.7. The summed E-state index contributed by atoms with van der Waals surface area (Å²) in [7, 11) is 0.775. The second kappa shape index (κ2) is 7.68. The van der Waals surface area contributed by atoms with E-state index in [-0.39, 0.29) is 27.1 Å². The van der Waals surface area contributed by atoms with Gasteiger partial charge in [0.05, 0.1) is 21.7 Å². The van der Waals surface area contributed by atoms with Gasteiger partial charge in [0.1, 0.15) is 5.69 Å². The van der Waals surface area contributed by atoms with Crippen LogP contribution in [0.5, 0.6) is 0 Å². The maximum absolute atomic E-state index is 13.8. The molecule has 12 heteroatoms. The number of aromatic carboxylic acids is 1. The van der Waals surface area contributed by atoms with E-state index in [0.29, 0.717) is 0 Å². The van der Waals surface area contributed by atoms with Crippen LogP contribution in [0.3, 0.4) is 0 Å². The molecule has 0 amide bonds. The molecule has 0 bridgehead atoms. The maximum Gasteiger partial charge on any atom is 0.432 e. The minimum absolute atomic E-state index is 0.0406. The number of hydrogen-bond donors (Lipinski definition) is 2. The summed E-state index contributed by atoms with van der Waals surface area (Å²) in [5.74, 6) is -1.72. The van der Waals surface area contributed by atoms with Gasteiger partial charge in [0.25, 0.3) is 10.8 Å². The molecule has 0 aliphatic carbocycles. The van der Waals surface area contributed by atoms with Crippen LogP contribution in [0.15, 0.2) is 9.59 Å². The summed E-state index contributed by atoms with van der Waals surface area (Å²) < 4.78 is 41.5. The van der Waals surface area contributed by atoms with Crippen molar-refractivity contribution in [2.75, 3.05) is 0 Å². The summed E-state index contributed by atoms with van der Waals surface area (Å²) in [5, 5.41) is 7.72. The van der Waals surface area contributed by atoms with E-state index in [9.17, 15) is 37.5 Å². The normalized spacial score (nSPS) is 11.6. The topological polar surface area (TPSA) is 109 Å². The van der Waals surface area contributed by atoms with E-state index in [1.165, 1.54) is 6.92 Å². The van der Waals surface area contributed by atoms with Gasteiger partial charge in [-0.25, -0.2) is 9.59 Å². The summed E-state index contributed by atoms with van der Waals surface area (Å²) in [5.41, 5.74) is -7.83. The molecule has 0 fully saturated rings. The van der Waals surface area contributed by atoms with Crippen molar-refractivity contribution in [2.45, 2.75) is 26.4 Å². The van der Waals surface area contributed by atoms with E-state index < -0.39 is 56.6 Å². The predicted octanol–water partition coefficient (Wildman–Crippen LogP) is 3.36. The quantitative estimate of drug-likeness (QED) is 0.691. The smallest absolute Gasteiger partial charge is 0.432 e. The molecule has 29 heavy (non-hydrogen) atoms. The van der Waals surface area contributed by atoms with Gasteiger partial charge in [0, 0.05) is 12.6 Å². The van der Waals surface area contributed by atoms with Crippen LogP contribution in [0.2, 0.25) is 5.02 Å². The van der Waals surface area contributed by atoms with Crippen LogP contribution in [0.1, 0.15) is 44.5 Å². The number of carboxylic acid groups (broad SMARTS) is 1. The van der Waals surface area contributed by atoms with Crippen LogP contribution in [-0.4, -0.2) is 25.9 Å². The molecule has 1 aromatic carbocycles. The molecule has 2 aromatic rings. The fraction of sp³-hybridized carbons (Fsp3) is 0.294. The number of hydrogen-bond acceptors (Lipinski definition) is 4. The van der Waals surface area contributed by atoms with Crippen molar-refractivity contribution < 1.29 is 27.9 Å². The Bertz CT molecular complexity index is 1170. The Kier molecular flexibility index (Phi) is 6.01. The fourth-order valence-corrected chi connectivity index (χ4v) is 3.84. The van der Waals surface area contributed by atoms with Gasteiger partial charge in [0.15, 0.2) is 0 Å². The van der Waals surface area contributed by atoms with Crippen LogP contribution >= 0.6 is 23.2 Å². The van der Waals surface area contributed by atoms with Crippen molar-refractivity contribution in [1.29, 1.82) is 0 Å². The van der Waals surface area contributed by atoms with Gasteiger partial charge in [-0.1, -0.05) is 18.5 Å². The van der Waals surface area contributed by atoms with E-state index in [1.807, 2.05) is 0 Å². The number of carbonyl (C=O) groups excluding carboxylic acids is 1. The lowest BCUT2D eigenvalue weighted by molar-refractivity contribution is -0.143. The molecule has 0 aliphatic rings. The Hall–Kier alpha value is -2.59. The molecule has 0 unspecified atom stereocenters. The van der Waals surface area contributed by atoms with E-state index >= 15 is 0 Å². The highest BCUT2D eigenvalue weighted by Gasteiger charge is 2.41. The number of benzene rings is 1. The lowest BCUT2D eigenvalue weighted by atomic mass is 9.87. The summed E-state index contributed by atoms with van der Waals surface area (Å²) in [6.45, 7) is 2.83. The average molecular weight is 453 g/mol. The monoisotopic (exact) mass is 452 g/mol. The third-order valence-electron chi connectivity index (χ3n) is 4.42. The first-order valence-corrected chi connectivity index (χ1v) is 8.70. The van der Waals surface area contributed by atoms with Crippen molar-refractivity contribution in [3.05, 3.63) is 53.8 Å². The second-order valence-corrected chi connectivity index (χ2v) is 6.74. The molecule has 7 nitrogen and oxygen atoms in total. The minimum atomic E-state index is -5.19. The molecule has 0 aliphatic heterocycles. The molecule has 2 rings (SSSR count). The number of nitrogens with zero attached hydrogens (tertiary/aromatic N) is 1. The highest BCUT2D eigenvalue weighted by molar-refractivity contribution is 6.69. The van der Waals surface area contributed by atoms with Gasteiger partial charge in [-0.05, 0) is 36.1 Å². The van der Waals surface area contributed by atoms with E-state index in [0.717, 1.165) is 7.05 Å². The van der Waals surface area contributed by atoms with Crippen LogP contribution in [0, 0.1) is 6.92 Å². The van der Waals surface area contributed by atoms with Crippen molar-refractivity contribution in [1.82, 2.24) is 9.55 Å². The molecule has 0 spiro atoms. The second-order valence-electron chi connectivity index (χ2n) is 6.01. The Morgan fingerprint density at radius 3 is 2.14 bits per heavy atom. The van der Waals surface area contributed by atoms with Crippen molar-refractivity contribution in [3.8, 4) is 11.1 Å². The highest BCUT2D eigenvalue weighted by Crippen LogP contribution is 2.42. The third kappa shape index (κ3) is 3.69. The summed E-state index contributed by atoms with van der Waals surface area (Å²) >= 11 is 11.6. The third-order valence-corrected chi connectivity index (χ3v) is 5.03. The van der Waals surface area contributed by atoms with Gasteiger partial charge in [0.2, 0.25) is 0 Å². The SMILES string of the molecule is CCc1c(C)c(-c2c(C(F)(F)F)n(C)c(=O)[nH]c2=O)c(C(=O)Cl)c(C(=O)O)c1Cl. The molecule has 1 heterocycles. The van der Waals surface area contributed by atoms with Crippen LogP contribution < -0.4 is 11.2 Å². The number of halogens is 5. The number of aromatic amines is 1. The lowest BCUT2D eigenvalue weighted by Gasteiger charge is -2.22. The number of aromatic nitrogens is 2. The largest absolute Gasteiger partial charge is 0.478 e. The average Bonchev–Trinajstić information content (AvgIpc) is 2.56. The summed E-state index contributed by atoms with van der Waals surface area (Å²) in [6.07, 6.45) is -5.11. The zero-order chi connectivity index (χ0) is 22.4. The molecular weight excluding hydrogens is 440 g/mol. The Labute approximate surface area is 170 Å².